The van der Waals surface area contributed by atoms with Crippen LogP contribution < -0.4 is 10.6 Å². The van der Waals surface area contributed by atoms with Crippen molar-refractivity contribution in [1.29, 1.82) is 0 Å². The van der Waals surface area contributed by atoms with Crippen molar-refractivity contribution in [3.63, 3.8) is 0 Å². The molecule has 0 fully saturated rings. The van der Waals surface area contributed by atoms with Crippen LogP contribution >= 0.6 is 24.0 Å². The monoisotopic (exact) mass is 405 g/mol. The smallest absolute Gasteiger partial charge is 0.191 e. The van der Waals surface area contributed by atoms with Gasteiger partial charge in [0.05, 0.1) is 5.75 Å². The van der Waals surface area contributed by atoms with Crippen LogP contribution in [0, 0.1) is 0 Å². The Balaban J connectivity index is 0. The minimum Gasteiger partial charge on any atom is -0.356 e. The van der Waals surface area contributed by atoms with Crippen LogP contribution in [0.4, 0.5) is 0 Å². The zero-order chi connectivity index (χ0) is 14.0. The van der Waals surface area contributed by atoms with Crippen LogP contribution in [0.25, 0.3) is 0 Å². The first-order valence-electron chi connectivity index (χ1n) is 6.54. The summed E-state index contributed by atoms with van der Waals surface area (Å²) in [6.07, 6.45) is 5.37. The summed E-state index contributed by atoms with van der Waals surface area (Å²) < 4.78 is 22.1. The molecule has 0 bridgehead atoms. The maximum absolute atomic E-state index is 11.1. The third kappa shape index (κ3) is 14.2. The number of halogens is 1. The topological polar surface area (TPSA) is 70.6 Å². The fraction of sp³-hybridized carbons (Fsp3) is 0.917. The van der Waals surface area contributed by atoms with Crippen LogP contribution in [0.1, 0.15) is 39.5 Å². The van der Waals surface area contributed by atoms with Crippen molar-refractivity contribution in [2.75, 3.05) is 25.6 Å². The summed E-state index contributed by atoms with van der Waals surface area (Å²) in [5.74, 6) is 0.945. The molecule has 1 atom stereocenters. The fourth-order valence-electron chi connectivity index (χ4n) is 1.47. The van der Waals surface area contributed by atoms with Gasteiger partial charge < -0.3 is 10.6 Å². The Morgan fingerprint density at radius 3 is 2.42 bits per heavy atom. The number of aliphatic imine (C=N–C) groups is 1. The average molecular weight is 405 g/mol. The third-order valence-corrected chi connectivity index (χ3v) is 3.58. The van der Waals surface area contributed by atoms with Gasteiger partial charge in [-0.3, -0.25) is 4.99 Å². The average Bonchev–Trinajstić information content (AvgIpc) is 2.29. The Morgan fingerprint density at radius 2 is 1.95 bits per heavy atom. The molecule has 0 spiro atoms. The molecule has 7 heteroatoms. The molecule has 0 aromatic heterocycles. The highest BCUT2D eigenvalue weighted by molar-refractivity contribution is 14.0. The summed E-state index contributed by atoms with van der Waals surface area (Å²) in [7, 11) is -1.17. The van der Waals surface area contributed by atoms with Crippen LogP contribution in [0.5, 0.6) is 0 Å². The fourth-order valence-corrected chi connectivity index (χ4v) is 2.25. The maximum Gasteiger partial charge on any atom is 0.191 e. The highest BCUT2D eigenvalue weighted by Crippen LogP contribution is 1.96. The summed E-state index contributed by atoms with van der Waals surface area (Å²) in [6, 6.07) is 0.0945. The molecule has 0 aromatic rings. The first kappa shape index (κ1) is 21.3. The van der Waals surface area contributed by atoms with Gasteiger partial charge in [0.2, 0.25) is 0 Å². The Kier molecular flexibility index (Phi) is 13.1. The highest BCUT2D eigenvalue weighted by Gasteiger charge is 2.09. The Bertz CT molecular complexity index is 345. The van der Waals surface area contributed by atoms with E-state index in [0.29, 0.717) is 6.42 Å². The molecule has 1 unspecified atom stereocenters. The lowest BCUT2D eigenvalue weighted by atomic mass is 10.2. The quantitative estimate of drug-likeness (QED) is 0.280. The van der Waals surface area contributed by atoms with Crippen molar-refractivity contribution in [2.24, 2.45) is 4.99 Å². The minimum atomic E-state index is -2.89. The normalized spacial score (nSPS) is 13.6. The van der Waals surface area contributed by atoms with Gasteiger partial charge in [-0.05, 0) is 19.8 Å². The molecule has 0 rings (SSSR count). The molecule has 116 valence electrons. The number of sulfone groups is 1. The van der Waals surface area contributed by atoms with Gasteiger partial charge >= 0.3 is 0 Å². The molecule has 0 aromatic carbocycles. The van der Waals surface area contributed by atoms with Crippen molar-refractivity contribution in [3.05, 3.63) is 0 Å². The first-order chi connectivity index (χ1) is 8.39. The maximum atomic E-state index is 11.1. The van der Waals surface area contributed by atoms with Crippen LogP contribution in [0.3, 0.4) is 0 Å². The van der Waals surface area contributed by atoms with E-state index in [1.807, 2.05) is 6.92 Å². The second kappa shape index (κ2) is 11.7. The summed E-state index contributed by atoms with van der Waals surface area (Å²) in [5.41, 5.74) is 0. The van der Waals surface area contributed by atoms with Gasteiger partial charge in [0.25, 0.3) is 0 Å². The Hall–Kier alpha value is -0.0500. The lowest BCUT2D eigenvalue weighted by molar-refractivity contribution is 0.580. The van der Waals surface area contributed by atoms with E-state index >= 15 is 0 Å². The van der Waals surface area contributed by atoms with E-state index in [1.54, 1.807) is 7.05 Å². The molecule has 2 N–H and O–H groups in total. The summed E-state index contributed by atoms with van der Waals surface area (Å²) in [4.78, 5) is 4.12. The van der Waals surface area contributed by atoms with Gasteiger partial charge in [0.15, 0.2) is 5.96 Å². The number of guanidine groups is 1. The molecule has 5 nitrogen and oxygen atoms in total. The van der Waals surface area contributed by atoms with Crippen LogP contribution in [-0.4, -0.2) is 46.0 Å². The SMILES string of the molecule is CCCCCNC(=NC)NC(C)CCS(C)(=O)=O.I. The molecule has 0 amide bonds. The molecule has 0 saturated carbocycles. The van der Waals surface area contributed by atoms with Crippen molar-refractivity contribution < 1.29 is 8.42 Å². The van der Waals surface area contributed by atoms with E-state index in [-0.39, 0.29) is 35.8 Å². The molecule has 0 aliphatic heterocycles. The van der Waals surface area contributed by atoms with Crippen molar-refractivity contribution >= 4 is 39.8 Å². The van der Waals surface area contributed by atoms with E-state index in [9.17, 15) is 8.42 Å². The third-order valence-electron chi connectivity index (χ3n) is 2.60. The van der Waals surface area contributed by atoms with Gasteiger partial charge in [-0.2, -0.15) is 0 Å². The van der Waals surface area contributed by atoms with Gasteiger partial charge in [-0.25, -0.2) is 8.42 Å². The highest BCUT2D eigenvalue weighted by atomic mass is 127. The number of hydrogen-bond acceptors (Lipinski definition) is 3. The number of rotatable bonds is 8. The summed E-state index contributed by atoms with van der Waals surface area (Å²) in [6.45, 7) is 5.02. The van der Waals surface area contributed by atoms with Gasteiger partial charge in [0.1, 0.15) is 9.84 Å². The molecule has 0 aliphatic carbocycles. The predicted octanol–water partition coefficient (Wildman–Crippen LogP) is 1.78. The molecule has 0 heterocycles. The van der Waals surface area contributed by atoms with Crippen molar-refractivity contribution in [3.8, 4) is 0 Å². The Labute approximate surface area is 135 Å². The van der Waals surface area contributed by atoms with Crippen LogP contribution in [-0.2, 0) is 9.84 Å². The van der Waals surface area contributed by atoms with Crippen molar-refractivity contribution in [1.82, 2.24) is 10.6 Å². The lowest BCUT2D eigenvalue weighted by Gasteiger charge is -2.17. The van der Waals surface area contributed by atoms with Crippen LogP contribution in [0.2, 0.25) is 0 Å². The number of hydrogen-bond donors (Lipinski definition) is 2. The van der Waals surface area contributed by atoms with E-state index in [1.165, 1.54) is 19.1 Å². The standard InChI is InChI=1S/C12H27N3O2S.HI/c1-5-6-7-9-14-12(13-3)15-11(2)8-10-18(4,16)17;/h11H,5-10H2,1-4H3,(H2,13,14,15);1H. The van der Waals surface area contributed by atoms with Gasteiger partial charge in [-0.1, -0.05) is 19.8 Å². The Morgan fingerprint density at radius 1 is 1.32 bits per heavy atom. The molecule has 0 aliphatic rings. The number of unbranched alkanes of at least 4 members (excludes halogenated alkanes) is 2. The second-order valence-corrected chi connectivity index (χ2v) is 6.93. The van der Waals surface area contributed by atoms with Crippen molar-refractivity contribution in [2.45, 2.75) is 45.6 Å². The van der Waals surface area contributed by atoms with E-state index in [2.05, 4.69) is 22.5 Å². The largest absolute Gasteiger partial charge is 0.356 e. The molecular weight excluding hydrogens is 377 g/mol. The summed E-state index contributed by atoms with van der Waals surface area (Å²) in [5, 5.41) is 6.41. The molecule has 0 radical (unpaired) electrons. The second-order valence-electron chi connectivity index (χ2n) is 4.67. The molecule has 19 heavy (non-hydrogen) atoms. The van der Waals surface area contributed by atoms with E-state index < -0.39 is 9.84 Å². The number of nitrogens with zero attached hydrogens (tertiary/aromatic N) is 1. The van der Waals surface area contributed by atoms with Gasteiger partial charge in [-0.15, -0.1) is 24.0 Å². The molecular formula is C12H28IN3O2S. The number of nitrogens with one attached hydrogen (secondary N) is 2. The minimum absolute atomic E-state index is 0. The van der Waals surface area contributed by atoms with Crippen LogP contribution in [0.15, 0.2) is 4.99 Å². The summed E-state index contributed by atoms with van der Waals surface area (Å²) >= 11 is 0. The predicted molar refractivity (Wildman–Crippen MR) is 93.2 cm³/mol. The zero-order valence-corrected chi connectivity index (χ0v) is 15.5. The van der Waals surface area contributed by atoms with E-state index in [0.717, 1.165) is 18.9 Å². The lowest BCUT2D eigenvalue weighted by Crippen LogP contribution is -2.43. The van der Waals surface area contributed by atoms with E-state index in [4.69, 9.17) is 0 Å². The van der Waals surface area contributed by atoms with Gasteiger partial charge in [0, 0.05) is 25.9 Å². The first-order valence-corrected chi connectivity index (χ1v) is 8.60. The molecule has 0 saturated heterocycles. The zero-order valence-electron chi connectivity index (χ0n) is 12.4.